The van der Waals surface area contributed by atoms with Crippen molar-refractivity contribution in [2.45, 2.75) is 25.2 Å². The first-order chi connectivity index (χ1) is 13.5. The number of ether oxygens (including phenoxy) is 1. The number of methoxy groups -OCH3 is 1. The van der Waals surface area contributed by atoms with Gasteiger partial charge in [-0.25, -0.2) is 4.39 Å². The Morgan fingerprint density at radius 3 is 2.82 bits per heavy atom. The quantitative estimate of drug-likeness (QED) is 0.609. The lowest BCUT2D eigenvalue weighted by molar-refractivity contribution is -0.121. The summed E-state index contributed by atoms with van der Waals surface area (Å²) in [6.07, 6.45) is 0.761. The normalized spacial score (nSPS) is 11.8. The van der Waals surface area contributed by atoms with Crippen molar-refractivity contribution in [3.8, 4) is 17.2 Å². The molecule has 2 radical (unpaired) electrons. The minimum atomic E-state index is -0.649. The molecule has 1 heterocycles. The molecule has 3 rings (SSSR count). The highest BCUT2D eigenvalue weighted by Gasteiger charge is 2.13. The van der Waals surface area contributed by atoms with Gasteiger partial charge in [0.05, 0.1) is 15.0 Å². The Morgan fingerprint density at radius 2 is 2.07 bits per heavy atom. The molecule has 28 heavy (non-hydrogen) atoms. The molecule has 6 nitrogen and oxygen atoms in total. The summed E-state index contributed by atoms with van der Waals surface area (Å²) in [6, 6.07) is 13.7. The first kappa shape index (κ1) is 19.6. The van der Waals surface area contributed by atoms with Crippen LogP contribution in [0.1, 0.15) is 17.8 Å². The number of carbonyl (C=O) groups excluding carboxylic acids is 1. The van der Waals surface area contributed by atoms with Crippen LogP contribution in [0.25, 0.3) is 11.5 Å². The summed E-state index contributed by atoms with van der Waals surface area (Å²) >= 11 is 0. The van der Waals surface area contributed by atoms with Gasteiger partial charge < -0.3 is 14.6 Å². The lowest BCUT2D eigenvalue weighted by atomic mass is 9.89. The third-order valence-electron chi connectivity index (χ3n) is 4.03. The van der Waals surface area contributed by atoms with Crippen molar-refractivity contribution in [3.05, 3.63) is 65.7 Å². The maximum Gasteiger partial charge on any atom is 0.257 e. The molecule has 8 heteroatoms. The second kappa shape index (κ2) is 9.17. The van der Waals surface area contributed by atoms with Gasteiger partial charge in [0.1, 0.15) is 11.6 Å². The van der Waals surface area contributed by atoms with E-state index < -0.39 is 11.8 Å². The topological polar surface area (TPSA) is 77.2 Å². The lowest BCUT2D eigenvalue weighted by Gasteiger charge is -2.15. The molecular formula is C20H19BFN3O3. The van der Waals surface area contributed by atoms with Crippen LogP contribution < -0.4 is 10.1 Å². The second-order valence-corrected chi connectivity index (χ2v) is 6.26. The molecule has 2 aromatic carbocycles. The van der Waals surface area contributed by atoms with E-state index >= 15 is 0 Å². The Bertz CT molecular complexity index is 933. The number of carbonyl (C=O) groups is 1. The molecule has 0 aliphatic rings. The van der Waals surface area contributed by atoms with E-state index in [1.54, 1.807) is 6.07 Å². The lowest BCUT2D eigenvalue weighted by Crippen LogP contribution is -2.36. The van der Waals surface area contributed by atoms with Gasteiger partial charge in [-0.1, -0.05) is 23.4 Å². The zero-order valence-corrected chi connectivity index (χ0v) is 15.4. The van der Waals surface area contributed by atoms with Crippen LogP contribution in [0.2, 0.25) is 0 Å². The fourth-order valence-electron chi connectivity index (χ4n) is 2.72. The van der Waals surface area contributed by atoms with E-state index in [0.717, 1.165) is 5.56 Å². The van der Waals surface area contributed by atoms with Gasteiger partial charge in [-0.2, -0.15) is 4.98 Å². The maximum atomic E-state index is 13.5. The molecule has 0 fully saturated rings. The molecule has 0 spiro atoms. The van der Waals surface area contributed by atoms with Crippen molar-refractivity contribution in [1.29, 1.82) is 0 Å². The van der Waals surface area contributed by atoms with Gasteiger partial charge in [-0.05, 0) is 42.2 Å². The summed E-state index contributed by atoms with van der Waals surface area (Å²) in [6.45, 7) is 0. The Hall–Kier alpha value is -3.16. The molecular weight excluding hydrogens is 360 g/mol. The van der Waals surface area contributed by atoms with E-state index in [1.165, 1.54) is 19.2 Å². The number of nitrogens with zero attached hydrogens (tertiary/aromatic N) is 2. The summed E-state index contributed by atoms with van der Waals surface area (Å²) < 4.78 is 23.8. The van der Waals surface area contributed by atoms with Crippen molar-refractivity contribution in [3.63, 3.8) is 0 Å². The summed E-state index contributed by atoms with van der Waals surface area (Å²) in [5.41, 5.74) is 1.45. The van der Waals surface area contributed by atoms with Crippen molar-refractivity contribution in [2.24, 2.45) is 0 Å². The number of benzene rings is 2. The van der Waals surface area contributed by atoms with Crippen LogP contribution in [-0.4, -0.2) is 36.9 Å². The van der Waals surface area contributed by atoms with Crippen molar-refractivity contribution < 1.29 is 18.4 Å². The van der Waals surface area contributed by atoms with E-state index in [4.69, 9.17) is 17.1 Å². The van der Waals surface area contributed by atoms with Crippen molar-refractivity contribution in [2.75, 3.05) is 7.11 Å². The van der Waals surface area contributed by atoms with Gasteiger partial charge in [-0.3, -0.25) is 4.79 Å². The highest BCUT2D eigenvalue weighted by Crippen LogP contribution is 2.18. The minimum absolute atomic E-state index is 0.161. The number of hydrogen-bond acceptors (Lipinski definition) is 5. The Kier molecular flexibility index (Phi) is 6.42. The predicted molar refractivity (Wildman–Crippen MR) is 102 cm³/mol. The summed E-state index contributed by atoms with van der Waals surface area (Å²) in [5, 5.41) is 6.57. The molecule has 1 amide bonds. The van der Waals surface area contributed by atoms with Crippen molar-refractivity contribution >= 4 is 13.8 Å². The largest absolute Gasteiger partial charge is 0.497 e. The predicted octanol–water partition coefficient (Wildman–Crippen LogP) is 2.67. The zero-order valence-electron chi connectivity index (χ0n) is 15.4. The van der Waals surface area contributed by atoms with E-state index in [1.807, 2.05) is 30.3 Å². The standard InChI is InChI=1S/C20H19BFN3O3/c1-27-16-10-13(9-15(22)12-16)11-17(21)23-19(26)8-7-18-24-20(28-25-18)14-5-3-2-4-6-14/h2-6,9-10,12,17H,7-8,11H2,1H3,(H,23,26)/t17-/m0/s1. The van der Waals surface area contributed by atoms with Gasteiger partial charge in [0.25, 0.3) is 5.89 Å². The number of aromatic nitrogens is 2. The Labute approximate surface area is 163 Å². The summed E-state index contributed by atoms with van der Waals surface area (Å²) in [7, 11) is 7.41. The fraction of sp³-hybridized carbons (Fsp3) is 0.250. The number of aryl methyl sites for hydroxylation is 1. The smallest absolute Gasteiger partial charge is 0.257 e. The first-order valence-electron chi connectivity index (χ1n) is 8.80. The molecule has 0 unspecified atom stereocenters. The molecule has 0 aliphatic heterocycles. The molecule has 142 valence electrons. The number of amides is 1. The van der Waals surface area contributed by atoms with Crippen LogP contribution in [0.5, 0.6) is 5.75 Å². The Morgan fingerprint density at radius 1 is 1.29 bits per heavy atom. The van der Waals surface area contributed by atoms with Gasteiger partial charge in [0.2, 0.25) is 5.91 Å². The van der Waals surface area contributed by atoms with E-state index in [2.05, 4.69) is 15.5 Å². The number of rotatable bonds is 8. The van der Waals surface area contributed by atoms with Crippen LogP contribution >= 0.6 is 0 Å². The maximum absolute atomic E-state index is 13.5. The summed E-state index contributed by atoms with van der Waals surface area (Å²) in [5.74, 6) is -0.0599. The van der Waals surface area contributed by atoms with E-state index in [0.29, 0.717) is 29.4 Å². The number of halogens is 1. The molecule has 0 saturated carbocycles. The highest BCUT2D eigenvalue weighted by molar-refractivity contribution is 6.13. The average molecular weight is 379 g/mol. The zero-order chi connectivity index (χ0) is 19.9. The average Bonchev–Trinajstić information content (AvgIpc) is 3.15. The molecule has 1 atom stereocenters. The molecule has 1 N–H and O–H groups in total. The SMILES string of the molecule is [B][C@H](Cc1cc(F)cc(OC)c1)NC(=O)CCc1noc(-c2ccccc2)n1. The van der Waals surface area contributed by atoms with Gasteiger partial charge in [0, 0.05) is 24.5 Å². The van der Waals surface area contributed by atoms with E-state index in [9.17, 15) is 9.18 Å². The summed E-state index contributed by atoms with van der Waals surface area (Å²) in [4.78, 5) is 16.4. The highest BCUT2D eigenvalue weighted by atomic mass is 19.1. The molecule has 0 aliphatic carbocycles. The first-order valence-corrected chi connectivity index (χ1v) is 8.80. The van der Waals surface area contributed by atoms with Crippen LogP contribution in [0.4, 0.5) is 4.39 Å². The van der Waals surface area contributed by atoms with Gasteiger partial charge in [0.15, 0.2) is 5.82 Å². The fourth-order valence-corrected chi connectivity index (χ4v) is 2.72. The van der Waals surface area contributed by atoms with Gasteiger partial charge >= 0.3 is 0 Å². The Balaban J connectivity index is 1.49. The third kappa shape index (κ3) is 5.42. The number of nitrogens with one attached hydrogen (secondary N) is 1. The van der Waals surface area contributed by atoms with Crippen LogP contribution in [0, 0.1) is 5.82 Å². The molecule has 3 aromatic rings. The monoisotopic (exact) mass is 379 g/mol. The molecule has 0 bridgehead atoms. The number of hydrogen-bond donors (Lipinski definition) is 1. The van der Waals surface area contributed by atoms with Crippen LogP contribution in [0.15, 0.2) is 53.1 Å². The van der Waals surface area contributed by atoms with E-state index in [-0.39, 0.29) is 18.7 Å². The molecule has 0 saturated heterocycles. The third-order valence-corrected chi connectivity index (χ3v) is 4.03. The van der Waals surface area contributed by atoms with Crippen LogP contribution in [-0.2, 0) is 17.6 Å². The van der Waals surface area contributed by atoms with Gasteiger partial charge in [-0.15, -0.1) is 0 Å². The molecule has 1 aromatic heterocycles. The van der Waals surface area contributed by atoms with Crippen LogP contribution in [0.3, 0.4) is 0 Å². The van der Waals surface area contributed by atoms with Crippen molar-refractivity contribution in [1.82, 2.24) is 15.5 Å². The minimum Gasteiger partial charge on any atom is -0.497 e. The second-order valence-electron chi connectivity index (χ2n) is 6.26.